The second kappa shape index (κ2) is 8.55. The fourth-order valence-corrected chi connectivity index (χ4v) is 2.73. The number of hydrogen-bond acceptors (Lipinski definition) is 6. The molecule has 0 aliphatic rings. The zero-order valence-electron chi connectivity index (χ0n) is 16.4. The molecule has 9 nitrogen and oxygen atoms in total. The average molecular weight is 384 g/mol. The number of urea groups is 1. The molecule has 148 valence electrons. The minimum Gasteiger partial charge on any atom is -0.497 e. The first-order valence-electron chi connectivity index (χ1n) is 9.00. The maximum absolute atomic E-state index is 12.5. The molecule has 2 heterocycles. The van der Waals surface area contributed by atoms with Gasteiger partial charge in [0.15, 0.2) is 5.82 Å². The maximum Gasteiger partial charge on any atom is 0.318 e. The van der Waals surface area contributed by atoms with E-state index < -0.39 is 0 Å². The van der Waals surface area contributed by atoms with E-state index in [1.807, 2.05) is 37.4 Å². The highest BCUT2D eigenvalue weighted by molar-refractivity contribution is 5.74. The first kappa shape index (κ1) is 19.4. The third kappa shape index (κ3) is 4.48. The number of benzene rings is 1. The lowest BCUT2D eigenvalue weighted by Crippen LogP contribution is -2.38. The Kier molecular flexibility index (Phi) is 5.93. The number of amides is 2. The molecule has 0 spiro atoms. The summed E-state index contributed by atoms with van der Waals surface area (Å²) >= 11 is 0. The minimum absolute atomic E-state index is 0.225. The molecular weight excluding hydrogens is 360 g/mol. The van der Waals surface area contributed by atoms with Gasteiger partial charge in [-0.2, -0.15) is 10.1 Å². The topological polar surface area (TPSA) is 98.3 Å². The molecule has 0 bridgehead atoms. The first-order chi connectivity index (χ1) is 13.5. The van der Waals surface area contributed by atoms with Crippen molar-refractivity contribution in [3.05, 3.63) is 53.9 Å². The van der Waals surface area contributed by atoms with E-state index in [1.54, 1.807) is 36.9 Å². The smallest absolute Gasteiger partial charge is 0.318 e. The first-order valence-corrected chi connectivity index (χ1v) is 9.00. The van der Waals surface area contributed by atoms with E-state index in [-0.39, 0.29) is 12.1 Å². The second-order valence-corrected chi connectivity index (χ2v) is 6.44. The average Bonchev–Trinajstić information content (AvgIpc) is 3.35. The zero-order chi connectivity index (χ0) is 20.1. The summed E-state index contributed by atoms with van der Waals surface area (Å²) in [6, 6.07) is 7.06. The van der Waals surface area contributed by atoms with Crippen molar-refractivity contribution in [2.24, 2.45) is 0 Å². The van der Waals surface area contributed by atoms with E-state index in [9.17, 15) is 4.79 Å². The van der Waals surface area contributed by atoms with Gasteiger partial charge in [0.05, 0.1) is 25.5 Å². The summed E-state index contributed by atoms with van der Waals surface area (Å²) in [6.07, 6.45) is 4.27. The van der Waals surface area contributed by atoms with Crippen molar-refractivity contribution < 1.29 is 14.1 Å². The fourth-order valence-electron chi connectivity index (χ4n) is 2.73. The molecule has 0 saturated heterocycles. The van der Waals surface area contributed by atoms with E-state index in [1.165, 1.54) is 0 Å². The van der Waals surface area contributed by atoms with Crippen LogP contribution in [-0.4, -0.2) is 45.0 Å². The normalized spacial score (nSPS) is 11.9. The van der Waals surface area contributed by atoms with Gasteiger partial charge in [0.1, 0.15) is 11.8 Å². The Morgan fingerprint density at radius 3 is 2.93 bits per heavy atom. The molecule has 0 radical (unpaired) electrons. The Balaban J connectivity index is 1.63. The summed E-state index contributed by atoms with van der Waals surface area (Å²) in [5.41, 5.74) is 1.79. The Labute approximate surface area is 163 Å². The second-order valence-electron chi connectivity index (χ2n) is 6.44. The Morgan fingerprint density at radius 2 is 2.25 bits per heavy atom. The highest BCUT2D eigenvalue weighted by atomic mass is 16.5. The van der Waals surface area contributed by atoms with Gasteiger partial charge in [0, 0.05) is 24.9 Å². The van der Waals surface area contributed by atoms with Gasteiger partial charge in [0.2, 0.25) is 5.89 Å². The van der Waals surface area contributed by atoms with Crippen LogP contribution in [0.4, 0.5) is 4.79 Å². The molecule has 28 heavy (non-hydrogen) atoms. The number of nitrogens with one attached hydrogen (secondary N) is 1. The highest BCUT2D eigenvalue weighted by Crippen LogP contribution is 2.17. The largest absolute Gasteiger partial charge is 0.497 e. The van der Waals surface area contributed by atoms with Crippen LogP contribution in [-0.2, 0) is 6.54 Å². The summed E-state index contributed by atoms with van der Waals surface area (Å²) in [7, 11) is 3.35. The van der Waals surface area contributed by atoms with Crippen LogP contribution >= 0.6 is 0 Å². The number of rotatable bonds is 7. The standard InChI is InChI=1S/C19H24N6O3/c1-5-17(18-21-13(2)23-28-18)22-19(26)24(3)11-14-10-20-25(12-14)15-7-6-8-16(9-15)27-4/h6-10,12,17H,5,11H2,1-4H3,(H,22,26)/t17-/m0/s1. The van der Waals surface area contributed by atoms with E-state index in [2.05, 4.69) is 20.6 Å². The van der Waals surface area contributed by atoms with Crippen molar-refractivity contribution in [3.8, 4) is 11.4 Å². The van der Waals surface area contributed by atoms with Crippen LogP contribution in [0.15, 0.2) is 41.2 Å². The molecule has 1 atom stereocenters. The third-order valence-electron chi connectivity index (χ3n) is 4.27. The number of ether oxygens (including phenoxy) is 1. The van der Waals surface area contributed by atoms with Crippen molar-refractivity contribution in [1.29, 1.82) is 0 Å². The van der Waals surface area contributed by atoms with E-state index in [0.29, 0.717) is 24.7 Å². The van der Waals surface area contributed by atoms with Crippen molar-refractivity contribution in [2.45, 2.75) is 32.9 Å². The molecule has 0 unspecified atom stereocenters. The summed E-state index contributed by atoms with van der Waals surface area (Å²) in [5.74, 6) is 1.71. The predicted molar refractivity (Wildman–Crippen MR) is 102 cm³/mol. The number of hydrogen-bond donors (Lipinski definition) is 1. The van der Waals surface area contributed by atoms with Crippen LogP contribution in [0.3, 0.4) is 0 Å². The minimum atomic E-state index is -0.323. The molecule has 1 N–H and O–H groups in total. The molecule has 0 saturated carbocycles. The molecule has 3 rings (SSSR count). The SMILES string of the molecule is CC[C@H](NC(=O)N(C)Cc1cnn(-c2cccc(OC)c2)c1)c1nc(C)no1. The van der Waals surface area contributed by atoms with Crippen LogP contribution in [0.5, 0.6) is 5.75 Å². The summed E-state index contributed by atoms with van der Waals surface area (Å²) < 4.78 is 12.2. The lowest BCUT2D eigenvalue weighted by molar-refractivity contribution is 0.198. The maximum atomic E-state index is 12.5. The monoisotopic (exact) mass is 384 g/mol. The van der Waals surface area contributed by atoms with Crippen LogP contribution in [0.1, 0.15) is 36.7 Å². The van der Waals surface area contributed by atoms with E-state index in [4.69, 9.17) is 9.26 Å². The third-order valence-corrected chi connectivity index (χ3v) is 4.27. The number of carbonyl (C=O) groups excluding carboxylic acids is 1. The van der Waals surface area contributed by atoms with Crippen LogP contribution in [0.25, 0.3) is 5.69 Å². The van der Waals surface area contributed by atoms with Crippen molar-refractivity contribution >= 4 is 6.03 Å². The molecule has 9 heteroatoms. The number of aromatic nitrogens is 4. The quantitative estimate of drug-likeness (QED) is 0.673. The zero-order valence-corrected chi connectivity index (χ0v) is 16.4. The summed E-state index contributed by atoms with van der Waals surface area (Å²) in [5, 5.41) is 11.1. The Morgan fingerprint density at radius 1 is 1.43 bits per heavy atom. The van der Waals surface area contributed by atoms with Gasteiger partial charge in [-0.3, -0.25) is 0 Å². The summed E-state index contributed by atoms with van der Waals surface area (Å²) in [6.45, 7) is 4.10. The molecule has 1 aromatic carbocycles. The Hall–Kier alpha value is -3.36. The predicted octanol–water partition coefficient (Wildman–Crippen LogP) is 2.87. The van der Waals surface area contributed by atoms with E-state index >= 15 is 0 Å². The van der Waals surface area contributed by atoms with Gasteiger partial charge in [0.25, 0.3) is 0 Å². The molecule has 0 aliphatic heterocycles. The van der Waals surface area contributed by atoms with Crippen molar-refractivity contribution in [1.82, 2.24) is 30.1 Å². The van der Waals surface area contributed by atoms with Gasteiger partial charge in [-0.1, -0.05) is 18.1 Å². The molecule has 2 aromatic heterocycles. The number of aryl methyl sites for hydroxylation is 1. The molecule has 2 amide bonds. The Bertz CT molecular complexity index is 935. The molecule has 3 aromatic rings. The highest BCUT2D eigenvalue weighted by Gasteiger charge is 2.21. The lowest BCUT2D eigenvalue weighted by atomic mass is 10.2. The van der Waals surface area contributed by atoms with Crippen molar-refractivity contribution in [2.75, 3.05) is 14.2 Å². The van der Waals surface area contributed by atoms with Gasteiger partial charge in [-0.15, -0.1) is 0 Å². The van der Waals surface area contributed by atoms with Crippen LogP contribution in [0, 0.1) is 6.92 Å². The lowest BCUT2D eigenvalue weighted by Gasteiger charge is -2.20. The van der Waals surface area contributed by atoms with Gasteiger partial charge in [-0.05, 0) is 25.5 Å². The molecule has 0 fully saturated rings. The summed E-state index contributed by atoms with van der Waals surface area (Å²) in [4.78, 5) is 18.3. The molecule has 0 aliphatic carbocycles. The molecular formula is C19H24N6O3. The van der Waals surface area contributed by atoms with Crippen LogP contribution < -0.4 is 10.1 Å². The van der Waals surface area contributed by atoms with Gasteiger partial charge in [-0.25, -0.2) is 9.48 Å². The number of methoxy groups -OCH3 is 1. The van der Waals surface area contributed by atoms with E-state index in [0.717, 1.165) is 17.0 Å². The fraction of sp³-hybridized carbons (Fsp3) is 0.368. The number of nitrogens with zero attached hydrogens (tertiary/aromatic N) is 5. The number of carbonyl (C=O) groups is 1. The van der Waals surface area contributed by atoms with Gasteiger partial charge < -0.3 is 19.5 Å². The van der Waals surface area contributed by atoms with Gasteiger partial charge >= 0.3 is 6.03 Å². The van der Waals surface area contributed by atoms with Crippen molar-refractivity contribution in [3.63, 3.8) is 0 Å². The van der Waals surface area contributed by atoms with Crippen LogP contribution in [0.2, 0.25) is 0 Å².